The molecule has 0 aromatic heterocycles. The van der Waals surface area contributed by atoms with Crippen LogP contribution < -0.4 is 10.6 Å². The van der Waals surface area contributed by atoms with Gasteiger partial charge in [-0.15, -0.1) is 0 Å². The van der Waals surface area contributed by atoms with Gasteiger partial charge in [0, 0.05) is 24.7 Å². The van der Waals surface area contributed by atoms with Crippen LogP contribution >= 0.6 is 0 Å². The first-order chi connectivity index (χ1) is 7.75. The molecule has 1 N–H and O–H groups in total. The largest absolute Gasteiger partial charge is 0.326 e. The number of nitrogens with one attached hydrogen (secondary N) is 1. The van der Waals surface area contributed by atoms with Crippen LogP contribution in [0.5, 0.6) is 0 Å². The highest BCUT2D eigenvalue weighted by Crippen LogP contribution is 2.16. The molecule has 1 aromatic rings. The maximum Gasteiger partial charge on any atom is 0.227 e. The molecule has 1 amide bonds. The Morgan fingerprint density at radius 2 is 1.88 bits per heavy atom. The van der Waals surface area contributed by atoms with Gasteiger partial charge in [-0.25, -0.2) is 9.71 Å². The van der Waals surface area contributed by atoms with Gasteiger partial charge in [0.15, 0.2) is 0 Å². The Hall–Kier alpha value is -1.42. The number of hydrogen-bond donors (Lipinski definition) is 1. The molecule has 1 radical (unpaired) electrons. The lowest BCUT2D eigenvalue weighted by Gasteiger charge is -2.20. The van der Waals surface area contributed by atoms with Gasteiger partial charge in [0.2, 0.25) is 5.91 Å². The predicted molar refractivity (Wildman–Crippen MR) is 59.6 cm³/mol. The average Bonchev–Trinajstić information content (AvgIpc) is 2.33. The quantitative estimate of drug-likeness (QED) is 0.812. The molecular weight excluding hydrogens is 207 g/mol. The normalized spacial score (nSPS) is 17.1. The Bertz CT molecular complexity index is 358. The van der Waals surface area contributed by atoms with E-state index in [1.54, 1.807) is 12.1 Å². The highest BCUT2D eigenvalue weighted by molar-refractivity contribution is 5.92. The Balaban J connectivity index is 1.93. The fraction of sp³-hybridized carbons (Fsp3) is 0.417. The fourth-order valence-corrected chi connectivity index (χ4v) is 1.79. The first-order valence-electron chi connectivity index (χ1n) is 5.45. The van der Waals surface area contributed by atoms with Crippen molar-refractivity contribution in [2.75, 3.05) is 18.4 Å². The number of carbonyl (C=O) groups is 1. The zero-order valence-corrected chi connectivity index (χ0v) is 8.95. The van der Waals surface area contributed by atoms with Gasteiger partial charge in [-0.05, 0) is 37.1 Å². The minimum absolute atomic E-state index is 0.0153. The van der Waals surface area contributed by atoms with E-state index in [1.807, 2.05) is 0 Å². The van der Waals surface area contributed by atoms with Crippen molar-refractivity contribution in [1.82, 2.24) is 5.32 Å². The number of benzene rings is 1. The number of hydrogen-bond acceptors (Lipinski definition) is 1. The molecule has 0 saturated carbocycles. The molecule has 0 bridgehead atoms. The zero-order chi connectivity index (χ0) is 11.4. The van der Waals surface area contributed by atoms with E-state index in [-0.39, 0.29) is 17.6 Å². The van der Waals surface area contributed by atoms with Crippen molar-refractivity contribution in [3.05, 3.63) is 30.1 Å². The van der Waals surface area contributed by atoms with Gasteiger partial charge < -0.3 is 5.32 Å². The molecule has 16 heavy (non-hydrogen) atoms. The van der Waals surface area contributed by atoms with Crippen LogP contribution in [-0.2, 0) is 4.79 Å². The van der Waals surface area contributed by atoms with Crippen molar-refractivity contribution in [2.45, 2.75) is 12.8 Å². The van der Waals surface area contributed by atoms with Gasteiger partial charge in [-0.2, -0.15) is 0 Å². The molecule has 1 aliphatic rings. The number of anilines is 1. The summed E-state index contributed by atoms with van der Waals surface area (Å²) in [5.41, 5.74) is 0.647. The third-order valence-electron chi connectivity index (χ3n) is 2.75. The van der Waals surface area contributed by atoms with E-state index in [9.17, 15) is 9.18 Å². The second kappa shape index (κ2) is 5.07. The van der Waals surface area contributed by atoms with Crippen molar-refractivity contribution < 1.29 is 9.18 Å². The van der Waals surface area contributed by atoms with Crippen LogP contribution in [0.15, 0.2) is 24.3 Å². The van der Waals surface area contributed by atoms with Crippen LogP contribution in [0.2, 0.25) is 0 Å². The summed E-state index contributed by atoms with van der Waals surface area (Å²) >= 11 is 0. The molecule has 1 aliphatic heterocycles. The molecule has 0 atom stereocenters. The van der Waals surface area contributed by atoms with E-state index >= 15 is 0 Å². The van der Waals surface area contributed by atoms with Gasteiger partial charge >= 0.3 is 0 Å². The maximum absolute atomic E-state index is 12.7. The third-order valence-corrected chi connectivity index (χ3v) is 2.75. The van der Waals surface area contributed by atoms with Crippen LogP contribution in [0.4, 0.5) is 10.1 Å². The smallest absolute Gasteiger partial charge is 0.227 e. The van der Waals surface area contributed by atoms with Gasteiger partial charge in [0.25, 0.3) is 0 Å². The number of carbonyl (C=O) groups excluding carboxylic acids is 1. The van der Waals surface area contributed by atoms with E-state index in [0.29, 0.717) is 5.69 Å². The van der Waals surface area contributed by atoms with Gasteiger partial charge in [-0.1, -0.05) is 0 Å². The summed E-state index contributed by atoms with van der Waals surface area (Å²) < 4.78 is 12.7. The monoisotopic (exact) mass is 221 g/mol. The van der Waals surface area contributed by atoms with Crippen LogP contribution in [-0.4, -0.2) is 19.0 Å². The second-order valence-corrected chi connectivity index (χ2v) is 3.94. The highest BCUT2D eigenvalue weighted by atomic mass is 19.1. The van der Waals surface area contributed by atoms with E-state index in [2.05, 4.69) is 10.6 Å². The summed E-state index contributed by atoms with van der Waals surface area (Å²) in [6, 6.07) is 5.82. The van der Waals surface area contributed by atoms with Crippen LogP contribution in [0, 0.1) is 11.7 Å². The molecular formula is C12H14FN2O. The topological polar surface area (TPSA) is 43.2 Å². The van der Waals surface area contributed by atoms with Gasteiger partial charge in [-0.3, -0.25) is 4.79 Å². The van der Waals surface area contributed by atoms with Crippen molar-refractivity contribution >= 4 is 11.6 Å². The Labute approximate surface area is 94.0 Å². The summed E-state index contributed by atoms with van der Waals surface area (Å²) in [7, 11) is 0. The number of rotatable bonds is 2. The summed E-state index contributed by atoms with van der Waals surface area (Å²) in [6.07, 6.45) is 1.63. The SMILES string of the molecule is O=C(Nc1ccc(F)cc1)C1CC[N]CC1. The molecule has 0 spiro atoms. The second-order valence-electron chi connectivity index (χ2n) is 3.94. The van der Waals surface area contributed by atoms with Crippen molar-refractivity contribution in [3.63, 3.8) is 0 Å². The lowest BCUT2D eigenvalue weighted by atomic mass is 9.97. The number of nitrogens with zero attached hydrogens (tertiary/aromatic N) is 1. The maximum atomic E-state index is 12.7. The number of piperidine rings is 1. The number of halogens is 1. The molecule has 85 valence electrons. The average molecular weight is 221 g/mol. The Morgan fingerprint density at radius 3 is 2.50 bits per heavy atom. The van der Waals surface area contributed by atoms with E-state index in [1.165, 1.54) is 12.1 Å². The van der Waals surface area contributed by atoms with Gasteiger partial charge in [0.05, 0.1) is 0 Å². The lowest BCUT2D eigenvalue weighted by Crippen LogP contribution is -2.31. The summed E-state index contributed by atoms with van der Waals surface area (Å²) in [4.78, 5) is 11.8. The van der Waals surface area contributed by atoms with Crippen molar-refractivity contribution in [1.29, 1.82) is 0 Å². The fourth-order valence-electron chi connectivity index (χ4n) is 1.79. The van der Waals surface area contributed by atoms with Gasteiger partial charge in [0.1, 0.15) is 5.82 Å². The van der Waals surface area contributed by atoms with Crippen LogP contribution in [0.3, 0.4) is 0 Å². The van der Waals surface area contributed by atoms with E-state index in [4.69, 9.17) is 0 Å². The summed E-state index contributed by atoms with van der Waals surface area (Å²) in [5.74, 6) is -0.237. The first-order valence-corrected chi connectivity index (χ1v) is 5.45. The molecule has 1 heterocycles. The Morgan fingerprint density at radius 1 is 1.25 bits per heavy atom. The minimum Gasteiger partial charge on any atom is -0.326 e. The summed E-state index contributed by atoms with van der Waals surface area (Å²) in [6.45, 7) is 1.53. The van der Waals surface area contributed by atoms with Crippen LogP contribution in [0.25, 0.3) is 0 Å². The molecule has 3 nitrogen and oxygen atoms in total. The predicted octanol–water partition coefficient (Wildman–Crippen LogP) is 1.78. The molecule has 4 heteroatoms. The molecule has 0 aliphatic carbocycles. The molecule has 1 saturated heterocycles. The summed E-state index contributed by atoms with van der Waals surface area (Å²) in [5, 5.41) is 6.99. The van der Waals surface area contributed by atoms with Crippen molar-refractivity contribution in [2.24, 2.45) is 5.92 Å². The molecule has 2 rings (SSSR count). The minimum atomic E-state index is -0.297. The Kier molecular flexibility index (Phi) is 3.51. The third kappa shape index (κ3) is 2.79. The van der Waals surface area contributed by atoms with E-state index in [0.717, 1.165) is 25.9 Å². The number of amides is 1. The standard InChI is InChI=1S/C12H14FN2O/c13-10-1-3-11(4-2-10)15-12(16)9-5-7-14-8-6-9/h1-4,9H,5-8H2,(H,15,16). The molecule has 0 unspecified atom stereocenters. The van der Waals surface area contributed by atoms with E-state index < -0.39 is 0 Å². The molecule has 1 fully saturated rings. The highest BCUT2D eigenvalue weighted by Gasteiger charge is 2.21. The lowest BCUT2D eigenvalue weighted by molar-refractivity contribution is -0.120. The first kappa shape index (κ1) is 11.1. The van der Waals surface area contributed by atoms with Crippen molar-refractivity contribution in [3.8, 4) is 0 Å². The molecule has 1 aromatic carbocycles. The zero-order valence-electron chi connectivity index (χ0n) is 8.95. The van der Waals surface area contributed by atoms with Crippen LogP contribution in [0.1, 0.15) is 12.8 Å².